The Hall–Kier alpha value is -3.12. The minimum absolute atomic E-state index is 0.227. The lowest BCUT2D eigenvalue weighted by molar-refractivity contribution is -0.117. The maximum absolute atomic E-state index is 12.3. The second-order valence-electron chi connectivity index (χ2n) is 5.44. The van der Waals surface area contributed by atoms with Crippen molar-refractivity contribution >= 4 is 23.2 Å². The Bertz CT molecular complexity index is 1000. The van der Waals surface area contributed by atoms with Gasteiger partial charge in [-0.25, -0.2) is 4.68 Å². The first kappa shape index (κ1) is 17.7. The molecular weight excluding hydrogens is 354 g/mol. The average molecular weight is 370 g/mol. The van der Waals surface area contributed by atoms with Gasteiger partial charge < -0.3 is 10.1 Å². The molecule has 132 valence electrons. The predicted octanol–water partition coefficient (Wildman–Crippen LogP) is 3.21. The monoisotopic (exact) mass is 369 g/mol. The smallest absolute Gasteiger partial charge is 0.267 e. The molecule has 2 aromatic carbocycles. The van der Waals surface area contributed by atoms with Gasteiger partial charge in [0.25, 0.3) is 5.56 Å². The van der Waals surface area contributed by atoms with Gasteiger partial charge in [0, 0.05) is 11.6 Å². The molecule has 0 radical (unpaired) electrons. The van der Waals surface area contributed by atoms with Crippen LogP contribution in [0.1, 0.15) is 0 Å². The van der Waals surface area contributed by atoms with Crippen LogP contribution >= 0.6 is 11.6 Å². The number of anilines is 1. The molecule has 1 heterocycles. The SMILES string of the molecule is COc1ccccc1NC(=O)Cn1nc(-c2ccccc2Cl)ccc1=O. The predicted molar refractivity (Wildman–Crippen MR) is 101 cm³/mol. The Morgan fingerprint density at radius 2 is 1.85 bits per heavy atom. The molecule has 0 atom stereocenters. The molecule has 0 bridgehead atoms. The standard InChI is InChI=1S/C19H16ClN3O3/c1-26-17-9-5-4-8-16(17)21-18(24)12-23-19(25)11-10-15(22-23)13-6-2-3-7-14(13)20/h2-11H,12H2,1H3,(H,21,24). The minimum atomic E-state index is -0.389. The van der Waals surface area contributed by atoms with E-state index < -0.39 is 0 Å². The van der Waals surface area contributed by atoms with E-state index in [1.165, 1.54) is 13.2 Å². The van der Waals surface area contributed by atoms with Gasteiger partial charge in [0.2, 0.25) is 5.91 Å². The van der Waals surface area contributed by atoms with E-state index >= 15 is 0 Å². The Morgan fingerprint density at radius 3 is 2.62 bits per heavy atom. The van der Waals surface area contributed by atoms with E-state index in [-0.39, 0.29) is 18.0 Å². The lowest BCUT2D eigenvalue weighted by Crippen LogP contribution is -2.29. The number of methoxy groups -OCH3 is 1. The number of aromatic nitrogens is 2. The van der Waals surface area contributed by atoms with Crippen LogP contribution in [0.3, 0.4) is 0 Å². The van der Waals surface area contributed by atoms with E-state index in [9.17, 15) is 9.59 Å². The number of nitrogens with zero attached hydrogens (tertiary/aromatic N) is 2. The van der Waals surface area contributed by atoms with E-state index in [4.69, 9.17) is 16.3 Å². The Kier molecular flexibility index (Phi) is 5.34. The molecule has 6 nitrogen and oxygen atoms in total. The van der Waals surface area contributed by atoms with Crippen LogP contribution in [0.25, 0.3) is 11.3 Å². The van der Waals surface area contributed by atoms with Gasteiger partial charge in [0.1, 0.15) is 12.3 Å². The summed E-state index contributed by atoms with van der Waals surface area (Å²) in [4.78, 5) is 24.4. The Balaban J connectivity index is 1.83. The van der Waals surface area contributed by atoms with Gasteiger partial charge >= 0.3 is 0 Å². The van der Waals surface area contributed by atoms with Crippen molar-refractivity contribution in [1.82, 2.24) is 9.78 Å². The maximum atomic E-state index is 12.3. The van der Waals surface area contributed by atoms with Crippen molar-refractivity contribution in [3.8, 4) is 17.0 Å². The largest absolute Gasteiger partial charge is 0.495 e. The number of carbonyl (C=O) groups excluding carboxylic acids is 1. The molecule has 3 rings (SSSR count). The number of carbonyl (C=O) groups is 1. The summed E-state index contributed by atoms with van der Waals surface area (Å²) < 4.78 is 6.30. The van der Waals surface area contributed by atoms with E-state index in [2.05, 4.69) is 10.4 Å². The highest BCUT2D eigenvalue weighted by atomic mass is 35.5. The van der Waals surface area contributed by atoms with Crippen LogP contribution in [-0.4, -0.2) is 22.8 Å². The first-order valence-electron chi connectivity index (χ1n) is 7.84. The molecule has 7 heteroatoms. The molecule has 3 aromatic rings. The number of hydrogen-bond acceptors (Lipinski definition) is 4. The van der Waals surface area contributed by atoms with Crippen LogP contribution in [0.2, 0.25) is 5.02 Å². The molecule has 0 unspecified atom stereocenters. The van der Waals surface area contributed by atoms with E-state index in [0.29, 0.717) is 27.7 Å². The zero-order chi connectivity index (χ0) is 18.5. The fourth-order valence-corrected chi connectivity index (χ4v) is 2.68. The van der Waals surface area contributed by atoms with Crippen molar-refractivity contribution < 1.29 is 9.53 Å². The molecule has 1 N–H and O–H groups in total. The van der Waals surface area contributed by atoms with Gasteiger partial charge in [-0.3, -0.25) is 9.59 Å². The van der Waals surface area contributed by atoms with Crippen LogP contribution in [0.5, 0.6) is 5.75 Å². The molecule has 0 saturated carbocycles. The molecular formula is C19H16ClN3O3. The highest BCUT2D eigenvalue weighted by Crippen LogP contribution is 2.25. The molecule has 1 aromatic heterocycles. The van der Waals surface area contributed by atoms with Crippen molar-refractivity contribution in [3.63, 3.8) is 0 Å². The maximum Gasteiger partial charge on any atom is 0.267 e. The summed E-state index contributed by atoms with van der Waals surface area (Å²) in [5.74, 6) is 0.145. The third-order valence-corrected chi connectivity index (χ3v) is 4.02. The topological polar surface area (TPSA) is 73.2 Å². The first-order valence-corrected chi connectivity index (χ1v) is 8.22. The third kappa shape index (κ3) is 3.92. The number of nitrogens with one attached hydrogen (secondary N) is 1. The second kappa shape index (κ2) is 7.84. The average Bonchev–Trinajstić information content (AvgIpc) is 2.64. The van der Waals surface area contributed by atoms with Gasteiger partial charge in [0.15, 0.2) is 0 Å². The van der Waals surface area contributed by atoms with Crippen molar-refractivity contribution in [1.29, 1.82) is 0 Å². The zero-order valence-electron chi connectivity index (χ0n) is 14.0. The number of para-hydroxylation sites is 2. The summed E-state index contributed by atoms with van der Waals surface area (Å²) in [6.07, 6.45) is 0. The number of halogens is 1. The molecule has 0 saturated heterocycles. The molecule has 0 aliphatic rings. The normalized spacial score (nSPS) is 10.4. The van der Waals surface area contributed by atoms with Crippen molar-refractivity contribution in [2.75, 3.05) is 12.4 Å². The minimum Gasteiger partial charge on any atom is -0.495 e. The molecule has 0 fully saturated rings. The Morgan fingerprint density at radius 1 is 1.12 bits per heavy atom. The second-order valence-corrected chi connectivity index (χ2v) is 5.85. The molecule has 0 aliphatic carbocycles. The molecule has 26 heavy (non-hydrogen) atoms. The van der Waals surface area contributed by atoms with Crippen LogP contribution < -0.4 is 15.6 Å². The lowest BCUT2D eigenvalue weighted by atomic mass is 10.1. The van der Waals surface area contributed by atoms with Crippen molar-refractivity contribution in [2.24, 2.45) is 0 Å². The fraction of sp³-hybridized carbons (Fsp3) is 0.105. The number of benzene rings is 2. The zero-order valence-corrected chi connectivity index (χ0v) is 14.7. The summed E-state index contributed by atoms with van der Waals surface area (Å²) in [5, 5.41) is 7.49. The third-order valence-electron chi connectivity index (χ3n) is 3.69. The summed E-state index contributed by atoms with van der Waals surface area (Å²) in [5.41, 5.74) is 1.35. The van der Waals surface area contributed by atoms with Crippen LogP contribution in [0, 0.1) is 0 Å². The Labute approximate surface area is 155 Å². The molecule has 1 amide bonds. The van der Waals surface area contributed by atoms with Gasteiger partial charge in [-0.05, 0) is 24.3 Å². The van der Waals surface area contributed by atoms with Gasteiger partial charge in [-0.2, -0.15) is 5.10 Å². The highest BCUT2D eigenvalue weighted by molar-refractivity contribution is 6.33. The summed E-state index contributed by atoms with van der Waals surface area (Å²) in [6, 6.07) is 17.1. The van der Waals surface area contributed by atoms with E-state index in [1.54, 1.807) is 42.5 Å². The van der Waals surface area contributed by atoms with Gasteiger partial charge in [-0.1, -0.05) is 41.9 Å². The van der Waals surface area contributed by atoms with Crippen LogP contribution in [0.15, 0.2) is 65.5 Å². The lowest BCUT2D eigenvalue weighted by Gasteiger charge is -2.11. The summed E-state index contributed by atoms with van der Waals surface area (Å²) in [7, 11) is 1.52. The number of ether oxygens (including phenoxy) is 1. The van der Waals surface area contributed by atoms with Crippen LogP contribution in [0.4, 0.5) is 5.69 Å². The van der Waals surface area contributed by atoms with Crippen LogP contribution in [-0.2, 0) is 11.3 Å². The summed E-state index contributed by atoms with van der Waals surface area (Å²) >= 11 is 6.18. The van der Waals surface area contributed by atoms with Gasteiger partial charge in [0.05, 0.1) is 23.5 Å². The first-order chi connectivity index (χ1) is 12.6. The number of amides is 1. The van der Waals surface area contributed by atoms with E-state index in [1.807, 2.05) is 12.1 Å². The van der Waals surface area contributed by atoms with Crippen molar-refractivity contribution in [2.45, 2.75) is 6.54 Å². The van der Waals surface area contributed by atoms with Gasteiger partial charge in [-0.15, -0.1) is 0 Å². The molecule has 0 spiro atoms. The molecule has 0 aliphatic heterocycles. The summed E-state index contributed by atoms with van der Waals surface area (Å²) in [6.45, 7) is -0.227. The fourth-order valence-electron chi connectivity index (χ4n) is 2.45. The quantitative estimate of drug-likeness (QED) is 0.749. The van der Waals surface area contributed by atoms with Crippen molar-refractivity contribution in [3.05, 3.63) is 76.0 Å². The number of rotatable bonds is 5. The van der Waals surface area contributed by atoms with E-state index in [0.717, 1.165) is 4.68 Å². The highest BCUT2D eigenvalue weighted by Gasteiger charge is 2.11. The number of hydrogen-bond donors (Lipinski definition) is 1.